The maximum absolute atomic E-state index is 6.24. The smallest absolute Gasteiger partial charge is 0.227 e. The molecule has 0 bridgehead atoms. The van der Waals surface area contributed by atoms with Gasteiger partial charge in [-0.1, -0.05) is 115 Å². The monoisotopic (exact) mass is 667 g/mol. The van der Waals surface area contributed by atoms with Crippen LogP contribution in [0.15, 0.2) is 180 Å². The Hall–Kier alpha value is -7.18. The van der Waals surface area contributed by atoms with Crippen molar-refractivity contribution >= 4 is 32.9 Å². The summed E-state index contributed by atoms with van der Waals surface area (Å²) < 4.78 is 8.55. The van der Waals surface area contributed by atoms with Gasteiger partial charge < -0.3 is 8.98 Å². The van der Waals surface area contributed by atoms with E-state index in [2.05, 4.69) is 120 Å². The van der Waals surface area contributed by atoms with Crippen LogP contribution in [0.25, 0.3) is 95.3 Å². The molecule has 0 saturated carbocycles. The fraction of sp³-hybridized carbons (Fsp3) is 0. The molecule has 7 aromatic carbocycles. The largest absolute Gasteiger partial charge is 0.436 e. The number of hydrogen-bond acceptors (Lipinski definition) is 5. The van der Waals surface area contributed by atoms with E-state index in [4.69, 9.17) is 24.4 Å². The van der Waals surface area contributed by atoms with Gasteiger partial charge in [0.25, 0.3) is 0 Å². The highest BCUT2D eigenvalue weighted by atomic mass is 16.3. The highest BCUT2D eigenvalue weighted by Crippen LogP contribution is 2.36. The molecule has 10 aromatic rings. The van der Waals surface area contributed by atoms with Crippen molar-refractivity contribution in [3.63, 3.8) is 0 Å². The maximum Gasteiger partial charge on any atom is 0.227 e. The van der Waals surface area contributed by atoms with Gasteiger partial charge in [-0.05, 0) is 71.8 Å². The van der Waals surface area contributed by atoms with Crippen molar-refractivity contribution in [3.05, 3.63) is 176 Å². The molecule has 0 aliphatic carbocycles. The number of oxazole rings is 1. The Labute approximate surface area is 299 Å². The first kappa shape index (κ1) is 29.7. The van der Waals surface area contributed by atoms with E-state index < -0.39 is 0 Å². The van der Waals surface area contributed by atoms with Gasteiger partial charge in [0.15, 0.2) is 23.1 Å². The number of rotatable bonds is 6. The molecule has 0 aliphatic rings. The van der Waals surface area contributed by atoms with Crippen molar-refractivity contribution in [3.8, 4) is 62.4 Å². The van der Waals surface area contributed by atoms with Crippen LogP contribution < -0.4 is 0 Å². The molecule has 0 unspecified atom stereocenters. The maximum atomic E-state index is 6.24. The van der Waals surface area contributed by atoms with E-state index in [0.29, 0.717) is 34.5 Å². The fourth-order valence-electron chi connectivity index (χ4n) is 7.00. The predicted molar refractivity (Wildman–Crippen MR) is 209 cm³/mol. The molecule has 52 heavy (non-hydrogen) atoms. The summed E-state index contributed by atoms with van der Waals surface area (Å²) in [5.41, 5.74) is 10.5. The number of benzene rings is 7. The Kier molecular flexibility index (Phi) is 7.03. The SMILES string of the molecule is c1ccc(-c2ccc(-c3nc(-c4ccc5c(c4)c4ccccc4n5-c4ccccc4)nc(-c4cccc5oc(-c6ccccc6)nc45)n3)cc2)cc1. The van der Waals surface area contributed by atoms with Crippen molar-refractivity contribution in [2.45, 2.75) is 0 Å². The van der Waals surface area contributed by atoms with Gasteiger partial charge in [-0.3, -0.25) is 0 Å². The molecule has 10 rings (SSSR count). The molecular weight excluding hydrogens is 639 g/mol. The standard InChI is InChI=1S/C46H29N5O/c1-4-13-30(14-5-1)31-23-25-32(26-24-31)43-48-44(50-45(49-43)37-20-12-22-41-42(37)47-46(52-41)33-15-6-2-7-16-33)34-27-28-40-38(29-34)36-19-10-11-21-39(36)51(40)35-17-8-3-9-18-35/h1-29H. The second-order valence-corrected chi connectivity index (χ2v) is 12.7. The fourth-order valence-corrected chi connectivity index (χ4v) is 7.00. The van der Waals surface area contributed by atoms with Crippen molar-refractivity contribution in [2.24, 2.45) is 0 Å². The summed E-state index contributed by atoms with van der Waals surface area (Å²) in [6.45, 7) is 0. The molecule has 0 N–H and O–H groups in total. The van der Waals surface area contributed by atoms with E-state index in [-0.39, 0.29) is 0 Å². The van der Waals surface area contributed by atoms with Crippen LogP contribution in [0.1, 0.15) is 0 Å². The van der Waals surface area contributed by atoms with Crippen LogP contribution in [-0.2, 0) is 0 Å². The van der Waals surface area contributed by atoms with Crippen molar-refractivity contribution in [1.29, 1.82) is 0 Å². The molecule has 244 valence electrons. The van der Waals surface area contributed by atoms with E-state index in [1.807, 2.05) is 60.7 Å². The molecule has 3 aromatic heterocycles. The van der Waals surface area contributed by atoms with Crippen LogP contribution in [0, 0.1) is 0 Å². The number of fused-ring (bicyclic) bond motifs is 4. The van der Waals surface area contributed by atoms with E-state index in [9.17, 15) is 0 Å². The summed E-state index contributed by atoms with van der Waals surface area (Å²) in [5.74, 6) is 2.23. The zero-order chi connectivity index (χ0) is 34.4. The van der Waals surface area contributed by atoms with E-state index in [1.165, 1.54) is 0 Å². The van der Waals surface area contributed by atoms with Crippen LogP contribution >= 0.6 is 0 Å². The topological polar surface area (TPSA) is 69.6 Å². The van der Waals surface area contributed by atoms with Crippen LogP contribution in [-0.4, -0.2) is 24.5 Å². The quantitative estimate of drug-likeness (QED) is 0.176. The van der Waals surface area contributed by atoms with Crippen molar-refractivity contribution in [1.82, 2.24) is 24.5 Å². The van der Waals surface area contributed by atoms with E-state index in [1.54, 1.807) is 0 Å². The summed E-state index contributed by atoms with van der Waals surface area (Å²) in [7, 11) is 0. The van der Waals surface area contributed by atoms with E-state index >= 15 is 0 Å². The lowest BCUT2D eigenvalue weighted by Gasteiger charge is -2.10. The summed E-state index contributed by atoms with van der Waals surface area (Å²) in [5, 5.41) is 2.29. The normalized spacial score (nSPS) is 11.5. The Bertz CT molecular complexity index is 2880. The third-order valence-corrected chi connectivity index (χ3v) is 9.51. The number of para-hydroxylation sites is 3. The first-order chi connectivity index (χ1) is 25.8. The average molecular weight is 668 g/mol. The molecule has 0 radical (unpaired) electrons. The zero-order valence-corrected chi connectivity index (χ0v) is 27.9. The molecule has 0 aliphatic heterocycles. The summed E-state index contributed by atoms with van der Waals surface area (Å²) in [6, 6.07) is 60.0. The highest BCUT2D eigenvalue weighted by Gasteiger charge is 2.19. The number of aromatic nitrogens is 5. The highest BCUT2D eigenvalue weighted by molar-refractivity contribution is 6.10. The Morgan fingerprint density at radius 1 is 0.385 bits per heavy atom. The van der Waals surface area contributed by atoms with Gasteiger partial charge in [0, 0.05) is 38.7 Å². The molecule has 0 amide bonds. The van der Waals surface area contributed by atoms with Crippen LogP contribution in [0.3, 0.4) is 0 Å². The lowest BCUT2D eigenvalue weighted by Crippen LogP contribution is -2.01. The molecule has 0 atom stereocenters. The third kappa shape index (κ3) is 5.13. The van der Waals surface area contributed by atoms with Gasteiger partial charge in [0.1, 0.15) is 5.52 Å². The van der Waals surface area contributed by atoms with Crippen LogP contribution in [0.2, 0.25) is 0 Å². The van der Waals surface area contributed by atoms with Crippen molar-refractivity contribution in [2.75, 3.05) is 0 Å². The molecule has 6 nitrogen and oxygen atoms in total. The van der Waals surface area contributed by atoms with Gasteiger partial charge in [0.2, 0.25) is 5.89 Å². The molecule has 0 saturated heterocycles. The second kappa shape index (κ2) is 12.3. The third-order valence-electron chi connectivity index (χ3n) is 9.51. The Balaban J connectivity index is 1.16. The van der Waals surface area contributed by atoms with Crippen LogP contribution in [0.5, 0.6) is 0 Å². The van der Waals surface area contributed by atoms with E-state index in [0.717, 1.165) is 60.9 Å². The van der Waals surface area contributed by atoms with Gasteiger partial charge in [-0.15, -0.1) is 0 Å². The van der Waals surface area contributed by atoms with Crippen molar-refractivity contribution < 1.29 is 4.42 Å². The molecule has 3 heterocycles. The Morgan fingerprint density at radius 2 is 0.962 bits per heavy atom. The second-order valence-electron chi connectivity index (χ2n) is 12.7. The molecular formula is C46H29N5O. The minimum atomic E-state index is 0.525. The van der Waals surface area contributed by atoms with Gasteiger partial charge in [-0.25, -0.2) is 19.9 Å². The average Bonchev–Trinajstić information content (AvgIpc) is 3.81. The summed E-state index contributed by atoms with van der Waals surface area (Å²) >= 11 is 0. The Morgan fingerprint density at radius 3 is 1.73 bits per heavy atom. The predicted octanol–water partition coefficient (Wildman–Crippen LogP) is 11.4. The zero-order valence-electron chi connectivity index (χ0n) is 27.9. The summed E-state index contributed by atoms with van der Waals surface area (Å²) in [4.78, 5) is 20.3. The molecule has 0 fully saturated rings. The van der Waals surface area contributed by atoms with Gasteiger partial charge in [0.05, 0.1) is 11.0 Å². The summed E-state index contributed by atoms with van der Waals surface area (Å²) in [6.07, 6.45) is 0. The lowest BCUT2D eigenvalue weighted by molar-refractivity contribution is 0.620. The van der Waals surface area contributed by atoms with Gasteiger partial charge in [-0.2, -0.15) is 0 Å². The molecule has 0 spiro atoms. The minimum Gasteiger partial charge on any atom is -0.436 e. The minimum absolute atomic E-state index is 0.525. The molecule has 6 heteroatoms. The first-order valence-corrected chi connectivity index (χ1v) is 17.2. The van der Waals surface area contributed by atoms with Crippen LogP contribution in [0.4, 0.5) is 0 Å². The van der Waals surface area contributed by atoms with Gasteiger partial charge >= 0.3 is 0 Å². The lowest BCUT2D eigenvalue weighted by atomic mass is 10.0. The number of hydrogen-bond donors (Lipinski definition) is 0. The first-order valence-electron chi connectivity index (χ1n) is 17.2. The number of nitrogens with zero attached hydrogens (tertiary/aromatic N) is 5.